The van der Waals surface area contributed by atoms with Crippen LogP contribution in [0.25, 0.3) is 0 Å². The third-order valence-corrected chi connectivity index (χ3v) is 3.48. The molecule has 2 N–H and O–H groups in total. The van der Waals surface area contributed by atoms with E-state index in [1.165, 1.54) is 5.56 Å². The summed E-state index contributed by atoms with van der Waals surface area (Å²) < 4.78 is 5.82. The van der Waals surface area contributed by atoms with E-state index in [1.807, 2.05) is 31.2 Å². The van der Waals surface area contributed by atoms with Crippen molar-refractivity contribution in [3.8, 4) is 5.75 Å². The van der Waals surface area contributed by atoms with Gasteiger partial charge in [-0.15, -0.1) is 0 Å². The maximum atomic E-state index is 11.2. The Balaban J connectivity index is 1.69. The summed E-state index contributed by atoms with van der Waals surface area (Å²) in [4.78, 5) is 15.5. The summed E-state index contributed by atoms with van der Waals surface area (Å²) in [7, 11) is 0. The van der Waals surface area contributed by atoms with E-state index in [0.717, 1.165) is 17.9 Å². The number of aryl methyl sites for hydroxylation is 1. The van der Waals surface area contributed by atoms with E-state index in [4.69, 9.17) is 4.74 Å². The van der Waals surface area contributed by atoms with Crippen molar-refractivity contribution in [2.45, 2.75) is 19.4 Å². The number of carbonyl (C=O) groups is 1. The molecule has 0 spiro atoms. The minimum absolute atomic E-state index is 0.00800. The van der Waals surface area contributed by atoms with Crippen LogP contribution in [0, 0.1) is 6.92 Å². The number of aromatic carboxylic acids is 1. The molecule has 2 aromatic rings. The van der Waals surface area contributed by atoms with E-state index < -0.39 is 5.97 Å². The molecule has 1 atom stereocenters. The Hall–Kier alpha value is -2.56. The Kier molecular flexibility index (Phi) is 3.48. The molecular weight excluding hydrogens is 268 g/mol. The predicted molar refractivity (Wildman–Crippen MR) is 79.0 cm³/mol. The lowest BCUT2D eigenvalue weighted by molar-refractivity contribution is 0.0697. The number of pyridine rings is 1. The molecule has 0 aliphatic carbocycles. The van der Waals surface area contributed by atoms with Crippen molar-refractivity contribution in [1.82, 2.24) is 4.98 Å². The molecule has 5 heteroatoms. The summed E-state index contributed by atoms with van der Waals surface area (Å²) in [6, 6.07) is 11.2. The van der Waals surface area contributed by atoms with Gasteiger partial charge in [-0.2, -0.15) is 0 Å². The van der Waals surface area contributed by atoms with Crippen LogP contribution < -0.4 is 10.1 Å². The second-order valence-electron chi connectivity index (χ2n) is 5.09. The zero-order chi connectivity index (χ0) is 14.8. The van der Waals surface area contributed by atoms with Crippen LogP contribution in [-0.2, 0) is 6.42 Å². The number of nitrogens with zero attached hydrogens (tertiary/aromatic N) is 1. The normalized spacial score (nSPS) is 16.1. The quantitative estimate of drug-likeness (QED) is 0.902. The molecule has 21 heavy (non-hydrogen) atoms. The number of hydrogen-bond acceptors (Lipinski definition) is 4. The first-order valence-electron chi connectivity index (χ1n) is 6.83. The number of carboxylic acid groups (broad SMARTS) is 1. The monoisotopic (exact) mass is 284 g/mol. The summed E-state index contributed by atoms with van der Waals surface area (Å²) in [5, 5.41) is 12.3. The highest BCUT2D eigenvalue weighted by atomic mass is 16.5. The van der Waals surface area contributed by atoms with Gasteiger partial charge in [-0.1, -0.05) is 18.2 Å². The van der Waals surface area contributed by atoms with Gasteiger partial charge >= 0.3 is 5.97 Å². The number of nitrogens with one attached hydrogen (secondary N) is 1. The van der Waals surface area contributed by atoms with Crippen LogP contribution in [0.2, 0.25) is 0 Å². The van der Waals surface area contributed by atoms with Gasteiger partial charge < -0.3 is 15.2 Å². The molecule has 0 bridgehead atoms. The molecule has 1 aromatic carbocycles. The molecular formula is C16H16N2O3. The minimum Gasteiger partial charge on any atom is -0.488 e. The molecule has 0 saturated heterocycles. The van der Waals surface area contributed by atoms with E-state index in [9.17, 15) is 9.90 Å². The molecule has 3 rings (SSSR count). The lowest BCUT2D eigenvalue weighted by Crippen LogP contribution is -2.25. The van der Waals surface area contributed by atoms with Crippen molar-refractivity contribution < 1.29 is 14.6 Å². The number of ether oxygens (including phenoxy) is 1. The van der Waals surface area contributed by atoms with Gasteiger partial charge in [-0.05, 0) is 30.7 Å². The molecule has 1 aromatic heterocycles. The molecule has 1 unspecified atom stereocenters. The molecule has 5 nitrogen and oxygen atoms in total. The fourth-order valence-electron chi connectivity index (χ4n) is 2.44. The number of benzene rings is 1. The average molecular weight is 284 g/mol. The van der Waals surface area contributed by atoms with Gasteiger partial charge in [0.25, 0.3) is 0 Å². The molecule has 0 radical (unpaired) electrons. The van der Waals surface area contributed by atoms with Gasteiger partial charge in [0.2, 0.25) is 0 Å². The van der Waals surface area contributed by atoms with Crippen molar-refractivity contribution in [3.63, 3.8) is 0 Å². The van der Waals surface area contributed by atoms with Crippen LogP contribution in [0.4, 0.5) is 5.82 Å². The number of rotatable bonds is 4. The lowest BCUT2D eigenvalue weighted by Gasteiger charge is -2.14. The topological polar surface area (TPSA) is 71.5 Å². The summed E-state index contributed by atoms with van der Waals surface area (Å²) in [5.74, 6) is 0.308. The number of hydrogen-bond donors (Lipinski definition) is 2. The number of anilines is 1. The number of carboxylic acids is 1. The molecule has 2 heterocycles. The minimum atomic E-state index is -0.986. The van der Waals surface area contributed by atoms with Gasteiger partial charge in [0.15, 0.2) is 0 Å². The van der Waals surface area contributed by atoms with Crippen LogP contribution in [0.15, 0.2) is 36.4 Å². The number of aromatic nitrogens is 1. The SMILES string of the molecule is Cc1ccc(C(=O)O)c(NCC2Cc3ccccc3O2)n1. The van der Waals surface area contributed by atoms with Crippen molar-refractivity contribution in [3.05, 3.63) is 53.2 Å². The van der Waals surface area contributed by atoms with Crippen LogP contribution in [0.3, 0.4) is 0 Å². The largest absolute Gasteiger partial charge is 0.488 e. The second kappa shape index (κ2) is 5.44. The van der Waals surface area contributed by atoms with Crippen LogP contribution in [-0.4, -0.2) is 28.7 Å². The predicted octanol–water partition coefficient (Wildman–Crippen LogP) is 2.50. The fourth-order valence-corrected chi connectivity index (χ4v) is 2.44. The van der Waals surface area contributed by atoms with Crippen molar-refractivity contribution >= 4 is 11.8 Å². The zero-order valence-corrected chi connectivity index (χ0v) is 11.7. The molecule has 0 amide bonds. The van der Waals surface area contributed by atoms with Crippen LogP contribution in [0.5, 0.6) is 5.75 Å². The van der Waals surface area contributed by atoms with Crippen LogP contribution >= 0.6 is 0 Å². The number of fused-ring (bicyclic) bond motifs is 1. The summed E-state index contributed by atoms with van der Waals surface area (Å²) in [5.41, 5.74) is 2.13. The van der Waals surface area contributed by atoms with Gasteiger partial charge in [0, 0.05) is 12.1 Å². The van der Waals surface area contributed by atoms with E-state index in [-0.39, 0.29) is 11.7 Å². The highest BCUT2D eigenvalue weighted by molar-refractivity contribution is 5.93. The maximum absolute atomic E-state index is 11.2. The third-order valence-electron chi connectivity index (χ3n) is 3.48. The smallest absolute Gasteiger partial charge is 0.339 e. The summed E-state index contributed by atoms with van der Waals surface area (Å²) >= 11 is 0. The average Bonchev–Trinajstić information content (AvgIpc) is 2.87. The molecule has 0 fully saturated rings. The Morgan fingerprint density at radius 2 is 2.19 bits per heavy atom. The van der Waals surface area contributed by atoms with E-state index >= 15 is 0 Å². The van der Waals surface area contributed by atoms with Gasteiger partial charge in [0.05, 0.1) is 6.54 Å². The number of para-hydroxylation sites is 1. The molecule has 1 aliphatic rings. The fraction of sp³-hybridized carbons (Fsp3) is 0.250. The van der Waals surface area contributed by atoms with Gasteiger partial charge in [-0.3, -0.25) is 0 Å². The standard InChI is InChI=1S/C16H16N2O3/c1-10-6-7-13(16(19)20)15(18-10)17-9-12-8-11-4-2-3-5-14(11)21-12/h2-7,12H,8-9H2,1H3,(H,17,18)(H,19,20). The highest BCUT2D eigenvalue weighted by Crippen LogP contribution is 2.28. The Morgan fingerprint density at radius 3 is 2.95 bits per heavy atom. The summed E-state index contributed by atoms with van der Waals surface area (Å²) in [6.07, 6.45) is 0.809. The Labute approximate surface area is 122 Å². The first-order chi connectivity index (χ1) is 10.1. The Bertz CT molecular complexity index is 660. The first-order valence-corrected chi connectivity index (χ1v) is 6.83. The highest BCUT2D eigenvalue weighted by Gasteiger charge is 2.22. The molecule has 108 valence electrons. The van der Waals surface area contributed by atoms with E-state index in [1.54, 1.807) is 12.1 Å². The van der Waals surface area contributed by atoms with Crippen molar-refractivity contribution in [2.24, 2.45) is 0 Å². The lowest BCUT2D eigenvalue weighted by atomic mass is 10.1. The van der Waals surface area contributed by atoms with Crippen LogP contribution in [0.1, 0.15) is 21.6 Å². The van der Waals surface area contributed by atoms with Crippen molar-refractivity contribution in [2.75, 3.05) is 11.9 Å². The van der Waals surface area contributed by atoms with Crippen molar-refractivity contribution in [1.29, 1.82) is 0 Å². The third kappa shape index (κ3) is 2.81. The van der Waals surface area contributed by atoms with Gasteiger partial charge in [0.1, 0.15) is 23.2 Å². The van der Waals surface area contributed by atoms with E-state index in [2.05, 4.69) is 10.3 Å². The zero-order valence-electron chi connectivity index (χ0n) is 11.7. The molecule has 0 saturated carbocycles. The summed E-state index contributed by atoms with van der Waals surface area (Å²) in [6.45, 7) is 2.35. The Morgan fingerprint density at radius 1 is 1.38 bits per heavy atom. The second-order valence-corrected chi connectivity index (χ2v) is 5.09. The molecule has 1 aliphatic heterocycles. The van der Waals surface area contributed by atoms with Gasteiger partial charge in [-0.25, -0.2) is 9.78 Å². The first kappa shape index (κ1) is 13.4. The maximum Gasteiger partial charge on any atom is 0.339 e. The van der Waals surface area contributed by atoms with E-state index in [0.29, 0.717) is 12.4 Å².